The molecule has 0 bridgehead atoms. The van der Waals surface area contributed by atoms with E-state index >= 15 is 0 Å². The number of carbonyl (C=O) groups is 1. The van der Waals surface area contributed by atoms with Crippen LogP contribution in [0.1, 0.15) is 45.9 Å². The number of cyclic esters (lactones) is 1. The molecule has 222 valence electrons. The van der Waals surface area contributed by atoms with Gasteiger partial charge < -0.3 is 19.3 Å². The highest BCUT2D eigenvalue weighted by Crippen LogP contribution is 2.42. The van der Waals surface area contributed by atoms with Crippen LogP contribution in [0, 0.1) is 5.92 Å². The second-order valence-electron chi connectivity index (χ2n) is 11.2. The van der Waals surface area contributed by atoms with Crippen LogP contribution in [-0.2, 0) is 26.3 Å². The molecule has 1 aliphatic heterocycles. The first-order valence-electron chi connectivity index (χ1n) is 15.0. The average molecular weight is 585 g/mol. The van der Waals surface area contributed by atoms with Gasteiger partial charge in [0.2, 0.25) is 0 Å². The van der Waals surface area contributed by atoms with Crippen LogP contribution in [0.3, 0.4) is 0 Å². The van der Waals surface area contributed by atoms with Crippen molar-refractivity contribution < 1.29 is 24.1 Å². The molecule has 0 amide bonds. The minimum absolute atomic E-state index is 0.160. The second kappa shape index (κ2) is 13.3. The van der Waals surface area contributed by atoms with Gasteiger partial charge in [0, 0.05) is 12.8 Å². The number of aliphatic hydroxyl groups excluding tert-OH is 1. The summed E-state index contributed by atoms with van der Waals surface area (Å²) in [5.41, 5.74) is 4.79. The lowest BCUT2D eigenvalue weighted by molar-refractivity contribution is -0.149. The van der Waals surface area contributed by atoms with Crippen molar-refractivity contribution in [3.8, 4) is 5.75 Å². The van der Waals surface area contributed by atoms with Crippen LogP contribution in [0.5, 0.6) is 5.75 Å². The van der Waals surface area contributed by atoms with Crippen molar-refractivity contribution >= 4 is 5.97 Å². The molecule has 1 heterocycles. The van der Waals surface area contributed by atoms with Gasteiger partial charge in [-0.3, -0.25) is 4.79 Å². The highest BCUT2D eigenvalue weighted by molar-refractivity contribution is 5.75. The van der Waals surface area contributed by atoms with E-state index in [0.29, 0.717) is 24.2 Å². The Morgan fingerprint density at radius 2 is 1.30 bits per heavy atom. The number of carbonyl (C=O) groups excluding carboxylic acids is 1. The third-order valence-corrected chi connectivity index (χ3v) is 8.40. The van der Waals surface area contributed by atoms with E-state index in [2.05, 4.69) is 48.5 Å². The van der Waals surface area contributed by atoms with Crippen LogP contribution in [0.2, 0.25) is 0 Å². The molecule has 5 aromatic rings. The molecule has 5 heteroatoms. The van der Waals surface area contributed by atoms with Crippen molar-refractivity contribution in [1.29, 1.82) is 0 Å². The first kappa shape index (κ1) is 29.4. The quantitative estimate of drug-likeness (QED) is 0.131. The summed E-state index contributed by atoms with van der Waals surface area (Å²) < 4.78 is 18.4. The third-order valence-electron chi connectivity index (χ3n) is 8.40. The lowest BCUT2D eigenvalue weighted by atomic mass is 9.80. The van der Waals surface area contributed by atoms with E-state index in [-0.39, 0.29) is 6.61 Å². The zero-order chi connectivity index (χ0) is 30.4. The van der Waals surface area contributed by atoms with Crippen molar-refractivity contribution in [1.82, 2.24) is 0 Å². The Kier molecular flexibility index (Phi) is 8.87. The van der Waals surface area contributed by atoms with E-state index in [4.69, 9.17) is 14.2 Å². The van der Waals surface area contributed by atoms with Gasteiger partial charge in [-0.2, -0.15) is 0 Å². The molecule has 5 nitrogen and oxygen atoms in total. The van der Waals surface area contributed by atoms with Gasteiger partial charge in [0.15, 0.2) is 0 Å². The Morgan fingerprint density at radius 3 is 1.82 bits per heavy atom. The van der Waals surface area contributed by atoms with Crippen molar-refractivity contribution in [3.63, 3.8) is 0 Å². The van der Waals surface area contributed by atoms with E-state index in [1.54, 1.807) is 7.11 Å². The molecule has 1 saturated heterocycles. The van der Waals surface area contributed by atoms with Gasteiger partial charge in [-0.15, -0.1) is 0 Å². The monoisotopic (exact) mass is 584 g/mol. The predicted octanol–water partition coefficient (Wildman–Crippen LogP) is 7.26. The Labute approximate surface area is 258 Å². The van der Waals surface area contributed by atoms with E-state index in [1.165, 1.54) is 5.56 Å². The highest BCUT2D eigenvalue weighted by atomic mass is 16.6. The predicted molar refractivity (Wildman–Crippen MR) is 170 cm³/mol. The zero-order valence-corrected chi connectivity index (χ0v) is 24.7. The van der Waals surface area contributed by atoms with Crippen LogP contribution in [0.25, 0.3) is 0 Å². The topological polar surface area (TPSA) is 65.0 Å². The number of methoxy groups -OCH3 is 1. The number of rotatable bonds is 11. The number of ether oxygens (including phenoxy) is 3. The molecule has 0 spiro atoms. The van der Waals surface area contributed by atoms with E-state index in [1.807, 2.05) is 91.0 Å². The molecule has 0 unspecified atom stereocenters. The molecule has 1 aliphatic rings. The maximum atomic E-state index is 13.1. The minimum Gasteiger partial charge on any atom is -0.496 e. The maximum Gasteiger partial charge on any atom is 0.312 e. The molecule has 0 saturated carbocycles. The normalized spacial score (nSPS) is 17.2. The molecular formula is C39H36O5. The van der Waals surface area contributed by atoms with Gasteiger partial charge in [0.05, 0.1) is 25.7 Å². The Hall–Kier alpha value is -4.71. The van der Waals surface area contributed by atoms with Gasteiger partial charge >= 0.3 is 5.97 Å². The van der Waals surface area contributed by atoms with Crippen molar-refractivity contribution in [2.24, 2.45) is 5.92 Å². The molecule has 1 N–H and O–H groups in total. The molecular weight excluding hydrogens is 548 g/mol. The molecule has 0 aliphatic carbocycles. The first-order chi connectivity index (χ1) is 21.6. The van der Waals surface area contributed by atoms with Gasteiger partial charge in [0.25, 0.3) is 0 Å². The molecule has 5 aromatic carbocycles. The lowest BCUT2D eigenvalue weighted by Crippen LogP contribution is -2.35. The SMILES string of the molecule is COc1cc([C@H](O)[C@@H]2C[C@@H](COC(c3ccccc3)(c3ccccc3)c3ccccc3)OC2=O)ccc1Cc1ccccc1. The largest absolute Gasteiger partial charge is 0.496 e. The zero-order valence-electron chi connectivity index (χ0n) is 24.7. The van der Waals surface area contributed by atoms with E-state index in [9.17, 15) is 9.90 Å². The van der Waals surface area contributed by atoms with Crippen LogP contribution in [0.4, 0.5) is 0 Å². The fourth-order valence-corrected chi connectivity index (χ4v) is 6.16. The Morgan fingerprint density at radius 1 is 0.773 bits per heavy atom. The van der Waals surface area contributed by atoms with Crippen LogP contribution in [0.15, 0.2) is 140 Å². The summed E-state index contributed by atoms with van der Waals surface area (Å²) in [6, 6.07) is 46.1. The van der Waals surface area contributed by atoms with Gasteiger partial charge in [-0.05, 0) is 39.4 Å². The average Bonchev–Trinajstić information content (AvgIpc) is 3.47. The molecule has 0 radical (unpaired) electrons. The van der Waals surface area contributed by atoms with Crippen molar-refractivity contribution in [2.75, 3.05) is 13.7 Å². The van der Waals surface area contributed by atoms with Crippen molar-refractivity contribution in [3.05, 3.63) is 173 Å². The number of aliphatic hydroxyl groups is 1. The number of esters is 1. The summed E-state index contributed by atoms with van der Waals surface area (Å²) in [5.74, 6) is -0.467. The van der Waals surface area contributed by atoms with E-state index in [0.717, 1.165) is 22.3 Å². The Bertz CT molecular complexity index is 1560. The molecule has 1 fully saturated rings. The third kappa shape index (κ3) is 6.02. The van der Waals surface area contributed by atoms with Gasteiger partial charge in [0.1, 0.15) is 17.5 Å². The summed E-state index contributed by atoms with van der Waals surface area (Å²) in [6.45, 7) is 0.160. The van der Waals surface area contributed by atoms with Gasteiger partial charge in [-0.25, -0.2) is 0 Å². The number of hydrogen-bond donors (Lipinski definition) is 1. The number of benzene rings is 5. The maximum absolute atomic E-state index is 13.1. The van der Waals surface area contributed by atoms with Crippen LogP contribution >= 0.6 is 0 Å². The summed E-state index contributed by atoms with van der Waals surface area (Å²) in [6.07, 6.45) is -0.508. The molecule has 3 atom stereocenters. The summed E-state index contributed by atoms with van der Waals surface area (Å²) in [7, 11) is 1.62. The van der Waals surface area contributed by atoms with Gasteiger partial charge in [-0.1, -0.05) is 133 Å². The standard InChI is InChI=1S/C39H36O5/c1-42-36-25-30(23-22-29(36)24-28-14-6-2-7-15-28)37(40)35-26-34(44-38(35)41)27-43-39(31-16-8-3-9-17-31,32-18-10-4-11-19-32)33-20-12-5-13-21-33/h2-23,25,34-35,37,40H,24,26-27H2,1H3/t34-,35-,37-/m0/s1. The lowest BCUT2D eigenvalue weighted by Gasteiger charge is -2.36. The first-order valence-corrected chi connectivity index (χ1v) is 15.0. The fourth-order valence-electron chi connectivity index (χ4n) is 6.16. The second-order valence-corrected chi connectivity index (χ2v) is 11.2. The van der Waals surface area contributed by atoms with Crippen molar-refractivity contribution in [2.45, 2.75) is 30.7 Å². The highest BCUT2D eigenvalue weighted by Gasteiger charge is 2.43. The van der Waals surface area contributed by atoms with Crippen LogP contribution < -0.4 is 4.74 Å². The summed E-state index contributed by atoms with van der Waals surface area (Å²) in [5, 5.41) is 11.4. The molecule has 0 aromatic heterocycles. The smallest absolute Gasteiger partial charge is 0.312 e. The molecule has 6 rings (SSSR count). The summed E-state index contributed by atoms with van der Waals surface area (Å²) >= 11 is 0. The Balaban J connectivity index is 1.23. The minimum atomic E-state index is -1.03. The van der Waals surface area contributed by atoms with Crippen LogP contribution in [-0.4, -0.2) is 30.9 Å². The summed E-state index contributed by atoms with van der Waals surface area (Å²) in [4.78, 5) is 13.1. The number of hydrogen-bond acceptors (Lipinski definition) is 5. The van der Waals surface area contributed by atoms with E-state index < -0.39 is 29.7 Å². The molecule has 44 heavy (non-hydrogen) atoms. The fraction of sp³-hybridized carbons (Fsp3) is 0.205.